The summed E-state index contributed by atoms with van der Waals surface area (Å²) in [4.78, 5) is 29.9. The van der Waals surface area contributed by atoms with Crippen LogP contribution in [0.2, 0.25) is 0 Å². The lowest BCUT2D eigenvalue weighted by Gasteiger charge is -2.19. The first-order valence-electron chi connectivity index (χ1n) is 14.9. The quantitative estimate of drug-likeness (QED) is 0.0942. The Hall–Kier alpha value is -4.18. The first-order valence-corrected chi connectivity index (χ1v) is 15.7. The predicted molar refractivity (Wildman–Crippen MR) is 173 cm³/mol. The molecule has 5 N–H and O–H groups in total. The van der Waals surface area contributed by atoms with Crippen molar-refractivity contribution in [3.8, 4) is 16.9 Å². The van der Waals surface area contributed by atoms with E-state index in [-0.39, 0.29) is 30.5 Å². The highest BCUT2D eigenvalue weighted by atomic mass is 32.2. The van der Waals surface area contributed by atoms with Gasteiger partial charge in [0.2, 0.25) is 0 Å². The largest absolute Gasteiger partial charge is 0.487 e. The van der Waals surface area contributed by atoms with E-state index in [1.54, 1.807) is 0 Å². The third-order valence-corrected chi connectivity index (χ3v) is 9.54. The number of benzene rings is 3. The van der Waals surface area contributed by atoms with Crippen LogP contribution in [-0.2, 0) is 16.0 Å². The molecule has 9 nitrogen and oxygen atoms in total. The summed E-state index contributed by atoms with van der Waals surface area (Å²) < 4.78 is 14.8. The van der Waals surface area contributed by atoms with E-state index in [2.05, 4.69) is 61.8 Å². The summed E-state index contributed by atoms with van der Waals surface area (Å²) in [6, 6.07) is 15.0. The number of carbonyl (C=O) groups excluding carboxylic acids is 1. The molecule has 0 radical (unpaired) electrons. The third-order valence-electron chi connectivity index (χ3n) is 8.42. The van der Waals surface area contributed by atoms with Crippen LogP contribution in [0.1, 0.15) is 66.0 Å². The molecule has 0 spiro atoms. The highest BCUT2D eigenvalue weighted by molar-refractivity contribution is 7.98. The molecule has 0 saturated heterocycles. The van der Waals surface area contributed by atoms with E-state index < -0.39 is 18.1 Å². The van der Waals surface area contributed by atoms with Gasteiger partial charge in [-0.25, -0.2) is 9.59 Å². The topological polar surface area (TPSA) is 135 Å². The van der Waals surface area contributed by atoms with E-state index >= 15 is 0 Å². The van der Waals surface area contributed by atoms with Crippen molar-refractivity contribution in [2.75, 3.05) is 13.2 Å². The van der Waals surface area contributed by atoms with Gasteiger partial charge in [-0.3, -0.25) is 9.71 Å². The number of carboxylic acid groups (broad SMARTS) is 1. The first-order chi connectivity index (χ1) is 21.0. The number of aliphatic carboxylic acids is 1. The number of hydrogen-bond donors (Lipinski definition) is 4. The lowest BCUT2D eigenvalue weighted by Crippen LogP contribution is -2.41. The van der Waals surface area contributed by atoms with Crippen LogP contribution in [0.15, 0.2) is 58.4 Å². The first kappa shape index (κ1) is 31.3. The van der Waals surface area contributed by atoms with Gasteiger partial charge in [-0.05, 0) is 98.4 Å². The van der Waals surface area contributed by atoms with Crippen LogP contribution in [0, 0.1) is 20.8 Å². The Bertz CT molecular complexity index is 1570. The van der Waals surface area contributed by atoms with E-state index in [1.807, 2.05) is 36.4 Å². The maximum absolute atomic E-state index is 12.6. The van der Waals surface area contributed by atoms with Crippen molar-refractivity contribution in [1.82, 2.24) is 10.0 Å². The maximum Gasteiger partial charge on any atom is 0.407 e. The fourth-order valence-corrected chi connectivity index (χ4v) is 6.92. The molecule has 3 aromatic rings. The van der Waals surface area contributed by atoms with Gasteiger partial charge in [0, 0.05) is 29.3 Å². The molecule has 1 aliphatic heterocycles. The van der Waals surface area contributed by atoms with Crippen LogP contribution < -0.4 is 20.5 Å². The van der Waals surface area contributed by atoms with Crippen molar-refractivity contribution in [3.05, 3.63) is 81.9 Å². The average molecular weight is 617 g/mol. The molecule has 0 fully saturated rings. The monoisotopic (exact) mass is 616 g/mol. The van der Waals surface area contributed by atoms with Crippen LogP contribution in [0.5, 0.6) is 5.75 Å². The second-order valence-electron chi connectivity index (χ2n) is 12.0. The van der Waals surface area contributed by atoms with Crippen molar-refractivity contribution >= 4 is 30.0 Å². The minimum atomic E-state index is -1.13. The Labute approximate surface area is 262 Å². The fraction of sp³-hybridized carbons (Fsp3) is 0.382. The predicted octanol–water partition coefficient (Wildman–Crippen LogP) is 6.01. The molecule has 1 aliphatic carbocycles. The lowest BCUT2D eigenvalue weighted by molar-refractivity contribution is -0.139. The van der Waals surface area contributed by atoms with Crippen LogP contribution in [0.4, 0.5) is 4.79 Å². The van der Waals surface area contributed by atoms with Crippen LogP contribution in [-0.4, -0.2) is 47.9 Å². The molecule has 3 aromatic carbocycles. The number of alkyl carbamates (subject to hydrolysis) is 1. The van der Waals surface area contributed by atoms with Crippen LogP contribution >= 0.6 is 11.9 Å². The summed E-state index contributed by atoms with van der Waals surface area (Å²) in [5, 5.41) is 12.2. The summed E-state index contributed by atoms with van der Waals surface area (Å²) >= 11 is 1.42. The van der Waals surface area contributed by atoms with Crippen molar-refractivity contribution in [3.63, 3.8) is 0 Å². The number of fused-ring (bicyclic) bond motifs is 4. The smallest absolute Gasteiger partial charge is 0.407 e. The highest BCUT2D eigenvalue weighted by Crippen LogP contribution is 2.45. The molecule has 1 atom stereocenters. The number of hydrogen-bond acceptors (Lipinski definition) is 6. The number of nitrogens with two attached hydrogens (primary N) is 1. The molecule has 232 valence electrons. The van der Waals surface area contributed by atoms with E-state index in [1.165, 1.54) is 23.1 Å². The molecule has 0 aromatic heterocycles. The number of nitrogens with one attached hydrogen (secondary N) is 2. The van der Waals surface area contributed by atoms with Crippen molar-refractivity contribution in [2.24, 2.45) is 10.7 Å². The maximum atomic E-state index is 12.6. The highest BCUT2D eigenvalue weighted by Gasteiger charge is 2.34. The Balaban J connectivity index is 1.10. The zero-order valence-electron chi connectivity index (χ0n) is 25.8. The zero-order chi connectivity index (χ0) is 31.6. The molecule has 44 heavy (non-hydrogen) atoms. The summed E-state index contributed by atoms with van der Waals surface area (Å²) in [6.45, 7) is 10.9. The third kappa shape index (κ3) is 6.50. The van der Waals surface area contributed by atoms with Crippen molar-refractivity contribution in [1.29, 1.82) is 0 Å². The van der Waals surface area contributed by atoms with E-state index in [0.29, 0.717) is 13.0 Å². The summed E-state index contributed by atoms with van der Waals surface area (Å²) in [5.41, 5.74) is 15.0. The number of guanidine groups is 1. The van der Waals surface area contributed by atoms with Gasteiger partial charge in [0.25, 0.3) is 0 Å². The Kier molecular flexibility index (Phi) is 9.10. The average Bonchev–Trinajstić information content (AvgIpc) is 3.50. The standard InChI is InChI=1S/C34H40N4O5S/c1-19-20(2)30(21(3)26-17-34(4,5)43-29(19)26)44-38-32(35)36-16-10-15-28(31(39)40)37-33(41)42-18-27-24-13-8-6-11-22(24)23-12-7-9-14-25(23)27/h6-9,11-14,27-28H,10,15-18H2,1-5H3,(H,37,41)(H,39,40)(H3,35,36,38). The van der Waals surface area contributed by atoms with E-state index in [0.717, 1.165) is 50.4 Å². The zero-order valence-corrected chi connectivity index (χ0v) is 26.6. The molecular weight excluding hydrogens is 576 g/mol. The Morgan fingerprint density at radius 1 is 1.07 bits per heavy atom. The van der Waals surface area contributed by atoms with Crippen molar-refractivity contribution < 1.29 is 24.2 Å². The summed E-state index contributed by atoms with van der Waals surface area (Å²) in [7, 11) is 0. The van der Waals surface area contributed by atoms with Gasteiger partial charge in [0.05, 0.1) is 0 Å². The van der Waals surface area contributed by atoms with Gasteiger partial charge in [0.1, 0.15) is 24.0 Å². The number of nitrogens with zero attached hydrogens (tertiary/aromatic N) is 1. The molecule has 1 unspecified atom stereocenters. The minimum absolute atomic E-state index is 0.104. The molecular formula is C34H40N4O5S. The van der Waals surface area contributed by atoms with Gasteiger partial charge < -0.3 is 25.6 Å². The molecule has 2 aliphatic rings. The Morgan fingerprint density at radius 2 is 1.70 bits per heavy atom. The number of carboxylic acids is 1. The molecule has 1 heterocycles. The number of aliphatic imine (C=N–C) groups is 1. The lowest BCUT2D eigenvalue weighted by atomic mass is 9.94. The number of rotatable bonds is 10. The molecule has 1 amide bonds. The normalized spacial score (nSPS) is 15.5. The van der Waals surface area contributed by atoms with Crippen LogP contribution in [0.3, 0.4) is 0 Å². The fourth-order valence-electron chi connectivity index (χ4n) is 6.07. The van der Waals surface area contributed by atoms with Crippen molar-refractivity contribution in [2.45, 2.75) is 76.3 Å². The van der Waals surface area contributed by atoms with Gasteiger partial charge in [0.15, 0.2) is 5.96 Å². The SMILES string of the molecule is Cc1c(C)c(SNC(N)=NCCCC(NC(=O)OCC2c3ccccc3-c3ccccc32)C(=O)O)c(C)c2c1OC(C)(C)C2. The molecule has 10 heteroatoms. The second-order valence-corrected chi connectivity index (χ2v) is 12.8. The van der Waals surface area contributed by atoms with Gasteiger partial charge in [-0.1, -0.05) is 48.5 Å². The van der Waals surface area contributed by atoms with E-state index in [9.17, 15) is 14.7 Å². The van der Waals surface area contributed by atoms with Crippen LogP contribution in [0.25, 0.3) is 11.1 Å². The second kappa shape index (κ2) is 12.8. The number of carbonyl (C=O) groups is 2. The summed E-state index contributed by atoms with van der Waals surface area (Å²) in [6.07, 6.45) is 0.684. The Morgan fingerprint density at radius 3 is 2.34 bits per heavy atom. The van der Waals surface area contributed by atoms with Gasteiger partial charge >= 0.3 is 12.1 Å². The van der Waals surface area contributed by atoms with E-state index in [4.69, 9.17) is 15.2 Å². The molecule has 0 bridgehead atoms. The molecule has 0 saturated carbocycles. The van der Waals surface area contributed by atoms with Gasteiger partial charge in [-0.2, -0.15) is 0 Å². The number of amides is 1. The summed E-state index contributed by atoms with van der Waals surface area (Å²) in [5.74, 6) is -0.00243. The minimum Gasteiger partial charge on any atom is -0.487 e. The molecule has 5 rings (SSSR count). The van der Waals surface area contributed by atoms with Gasteiger partial charge in [-0.15, -0.1) is 0 Å². The number of ether oxygens (including phenoxy) is 2.